The molecule has 2 rings (SSSR count). The fourth-order valence-electron chi connectivity index (χ4n) is 1.74. The van der Waals surface area contributed by atoms with Gasteiger partial charge in [0.05, 0.1) is 6.34 Å². The SMILES string of the molecule is CN1C=NCC(c2cccc(Cl)c2)C1. The van der Waals surface area contributed by atoms with E-state index in [-0.39, 0.29) is 0 Å². The van der Waals surface area contributed by atoms with Crippen molar-refractivity contribution in [3.8, 4) is 0 Å². The maximum atomic E-state index is 5.95. The minimum atomic E-state index is 0.476. The molecule has 1 aromatic rings. The quantitative estimate of drug-likeness (QED) is 0.692. The second kappa shape index (κ2) is 4.01. The molecule has 0 fully saturated rings. The van der Waals surface area contributed by atoms with Crippen molar-refractivity contribution >= 4 is 17.9 Å². The van der Waals surface area contributed by atoms with Gasteiger partial charge < -0.3 is 4.90 Å². The van der Waals surface area contributed by atoms with E-state index in [1.807, 2.05) is 31.6 Å². The van der Waals surface area contributed by atoms with Crippen LogP contribution in [0, 0.1) is 0 Å². The van der Waals surface area contributed by atoms with E-state index in [4.69, 9.17) is 11.6 Å². The van der Waals surface area contributed by atoms with Crippen LogP contribution in [0.3, 0.4) is 0 Å². The third-order valence-corrected chi connectivity index (χ3v) is 2.67. The number of halogens is 1. The first-order valence-electron chi connectivity index (χ1n) is 4.71. The lowest BCUT2D eigenvalue weighted by molar-refractivity contribution is 0.440. The molecular formula is C11H13ClN2. The van der Waals surface area contributed by atoms with Crippen LogP contribution >= 0.6 is 11.6 Å². The lowest BCUT2D eigenvalue weighted by Gasteiger charge is -2.25. The van der Waals surface area contributed by atoms with Gasteiger partial charge in [-0.2, -0.15) is 0 Å². The number of hydrogen-bond donors (Lipinski definition) is 0. The number of likely N-dealkylation sites (N-methyl/N-ethyl adjacent to an activating group) is 1. The summed E-state index contributed by atoms with van der Waals surface area (Å²) in [5.74, 6) is 0.476. The molecule has 2 nitrogen and oxygen atoms in total. The van der Waals surface area contributed by atoms with Crippen molar-refractivity contribution in [3.63, 3.8) is 0 Å². The summed E-state index contributed by atoms with van der Waals surface area (Å²) in [6.07, 6.45) is 1.89. The second-order valence-electron chi connectivity index (χ2n) is 3.67. The highest BCUT2D eigenvalue weighted by atomic mass is 35.5. The van der Waals surface area contributed by atoms with Gasteiger partial charge in [-0.25, -0.2) is 0 Å². The smallest absolute Gasteiger partial charge is 0.0847 e. The molecule has 1 heterocycles. The minimum Gasteiger partial charge on any atom is -0.365 e. The van der Waals surface area contributed by atoms with Gasteiger partial charge in [-0.3, -0.25) is 4.99 Å². The molecule has 1 aliphatic rings. The Labute approximate surface area is 89.2 Å². The Bertz CT molecular complexity index is 349. The molecule has 0 saturated heterocycles. The Balaban J connectivity index is 2.19. The number of rotatable bonds is 1. The van der Waals surface area contributed by atoms with E-state index < -0.39 is 0 Å². The Hall–Kier alpha value is -1.02. The third kappa shape index (κ3) is 2.07. The zero-order valence-electron chi connectivity index (χ0n) is 8.15. The summed E-state index contributed by atoms with van der Waals surface area (Å²) in [6.45, 7) is 1.88. The summed E-state index contributed by atoms with van der Waals surface area (Å²) in [7, 11) is 2.04. The normalized spacial score (nSPS) is 21.3. The Morgan fingerprint density at radius 1 is 1.50 bits per heavy atom. The van der Waals surface area contributed by atoms with E-state index in [0.717, 1.165) is 18.1 Å². The molecule has 0 spiro atoms. The molecule has 0 aromatic heterocycles. The van der Waals surface area contributed by atoms with E-state index in [0.29, 0.717) is 5.92 Å². The fraction of sp³-hybridized carbons (Fsp3) is 0.364. The maximum absolute atomic E-state index is 5.95. The van der Waals surface area contributed by atoms with Gasteiger partial charge in [0, 0.05) is 31.1 Å². The predicted octanol–water partition coefficient (Wildman–Crippen LogP) is 2.40. The molecule has 0 aliphatic carbocycles. The molecule has 0 bridgehead atoms. The summed E-state index contributed by atoms with van der Waals surface area (Å²) in [5.41, 5.74) is 1.28. The minimum absolute atomic E-state index is 0.476. The average Bonchev–Trinajstić information content (AvgIpc) is 2.18. The standard InChI is InChI=1S/C11H13ClN2/c1-14-7-10(6-13-8-14)9-3-2-4-11(12)5-9/h2-5,8,10H,6-7H2,1H3. The van der Waals surface area contributed by atoms with Gasteiger partial charge in [-0.15, -0.1) is 0 Å². The van der Waals surface area contributed by atoms with Crippen molar-refractivity contribution in [2.24, 2.45) is 4.99 Å². The van der Waals surface area contributed by atoms with Gasteiger partial charge in [0.1, 0.15) is 0 Å². The van der Waals surface area contributed by atoms with Crippen LogP contribution in [-0.2, 0) is 0 Å². The van der Waals surface area contributed by atoms with Crippen LogP contribution in [0.2, 0.25) is 5.02 Å². The molecule has 0 radical (unpaired) electrons. The van der Waals surface area contributed by atoms with Gasteiger partial charge >= 0.3 is 0 Å². The first-order chi connectivity index (χ1) is 6.75. The molecule has 1 unspecified atom stereocenters. The average molecular weight is 209 g/mol. The van der Waals surface area contributed by atoms with Gasteiger partial charge in [0.2, 0.25) is 0 Å². The van der Waals surface area contributed by atoms with E-state index in [1.54, 1.807) is 0 Å². The monoisotopic (exact) mass is 208 g/mol. The third-order valence-electron chi connectivity index (χ3n) is 2.43. The van der Waals surface area contributed by atoms with E-state index >= 15 is 0 Å². The van der Waals surface area contributed by atoms with Crippen molar-refractivity contribution in [2.75, 3.05) is 20.1 Å². The van der Waals surface area contributed by atoms with Gasteiger partial charge in [0.25, 0.3) is 0 Å². The van der Waals surface area contributed by atoms with Gasteiger partial charge in [0.15, 0.2) is 0 Å². The van der Waals surface area contributed by atoms with Crippen LogP contribution in [0.4, 0.5) is 0 Å². The topological polar surface area (TPSA) is 15.6 Å². The van der Waals surface area contributed by atoms with E-state index in [9.17, 15) is 0 Å². The summed E-state index contributed by atoms with van der Waals surface area (Å²) in [4.78, 5) is 6.41. The molecule has 1 aliphatic heterocycles. The van der Waals surface area contributed by atoms with E-state index in [2.05, 4.69) is 16.0 Å². The van der Waals surface area contributed by atoms with Gasteiger partial charge in [-0.05, 0) is 17.7 Å². The zero-order chi connectivity index (χ0) is 9.97. The van der Waals surface area contributed by atoms with Crippen LogP contribution in [-0.4, -0.2) is 31.4 Å². The van der Waals surface area contributed by atoms with Crippen LogP contribution in [0.15, 0.2) is 29.3 Å². The highest BCUT2D eigenvalue weighted by molar-refractivity contribution is 6.30. The van der Waals surface area contributed by atoms with Crippen molar-refractivity contribution in [1.82, 2.24) is 4.90 Å². The molecule has 0 N–H and O–H groups in total. The lowest BCUT2D eigenvalue weighted by Crippen LogP contribution is -2.29. The Morgan fingerprint density at radius 2 is 2.36 bits per heavy atom. The maximum Gasteiger partial charge on any atom is 0.0847 e. The molecule has 14 heavy (non-hydrogen) atoms. The lowest BCUT2D eigenvalue weighted by atomic mass is 9.98. The number of nitrogens with zero attached hydrogens (tertiary/aromatic N) is 2. The van der Waals surface area contributed by atoms with Crippen LogP contribution in [0.5, 0.6) is 0 Å². The molecular weight excluding hydrogens is 196 g/mol. The summed E-state index contributed by atoms with van der Waals surface area (Å²) < 4.78 is 0. The van der Waals surface area contributed by atoms with Gasteiger partial charge in [-0.1, -0.05) is 23.7 Å². The second-order valence-corrected chi connectivity index (χ2v) is 4.11. The fourth-order valence-corrected chi connectivity index (χ4v) is 1.94. The molecule has 74 valence electrons. The summed E-state index contributed by atoms with van der Waals surface area (Å²) in [5, 5.41) is 0.805. The van der Waals surface area contributed by atoms with E-state index in [1.165, 1.54) is 5.56 Å². The van der Waals surface area contributed by atoms with Crippen LogP contribution in [0.1, 0.15) is 11.5 Å². The first kappa shape index (κ1) is 9.53. The Morgan fingerprint density at radius 3 is 3.07 bits per heavy atom. The highest BCUT2D eigenvalue weighted by Crippen LogP contribution is 2.22. The molecule has 0 saturated carbocycles. The molecule has 3 heteroatoms. The summed E-state index contributed by atoms with van der Waals surface area (Å²) in [6, 6.07) is 8.04. The van der Waals surface area contributed by atoms with Crippen LogP contribution in [0.25, 0.3) is 0 Å². The van der Waals surface area contributed by atoms with Crippen LogP contribution < -0.4 is 0 Å². The molecule has 1 aromatic carbocycles. The van der Waals surface area contributed by atoms with Crippen molar-refractivity contribution < 1.29 is 0 Å². The predicted molar refractivity (Wildman–Crippen MR) is 60.2 cm³/mol. The summed E-state index contributed by atoms with van der Waals surface area (Å²) >= 11 is 5.95. The van der Waals surface area contributed by atoms with Crippen molar-refractivity contribution in [1.29, 1.82) is 0 Å². The first-order valence-corrected chi connectivity index (χ1v) is 5.09. The molecule has 0 amide bonds. The Kier molecular flexibility index (Phi) is 2.73. The zero-order valence-corrected chi connectivity index (χ0v) is 8.91. The number of benzene rings is 1. The highest BCUT2D eigenvalue weighted by Gasteiger charge is 2.15. The van der Waals surface area contributed by atoms with Crippen molar-refractivity contribution in [2.45, 2.75) is 5.92 Å². The number of hydrogen-bond acceptors (Lipinski definition) is 2. The largest absolute Gasteiger partial charge is 0.365 e. The molecule has 1 atom stereocenters. The van der Waals surface area contributed by atoms with Crippen molar-refractivity contribution in [3.05, 3.63) is 34.9 Å². The number of aliphatic imine (C=N–C) groups is 1.